The number of oxazole rings is 1. The Labute approximate surface area is 204 Å². The molecule has 0 aliphatic heterocycles. The summed E-state index contributed by atoms with van der Waals surface area (Å²) in [4.78, 5) is 30.9. The normalized spacial score (nSPS) is 11.1. The molecule has 11 heteroatoms. The van der Waals surface area contributed by atoms with E-state index in [0.717, 1.165) is 55.0 Å². The maximum Gasteiger partial charge on any atom is 0.226 e. The van der Waals surface area contributed by atoms with Gasteiger partial charge < -0.3 is 25.1 Å². The number of rotatable bonds is 14. The van der Waals surface area contributed by atoms with Crippen molar-refractivity contribution in [1.82, 2.24) is 20.8 Å². The predicted octanol–water partition coefficient (Wildman–Crippen LogP) is 4.38. The monoisotopic (exact) mass is 499 g/mol. The van der Waals surface area contributed by atoms with Gasteiger partial charge in [-0.2, -0.15) is 0 Å². The van der Waals surface area contributed by atoms with Crippen LogP contribution in [-0.2, 0) is 20.8 Å². The quantitative estimate of drug-likeness (QED) is 0.129. The highest BCUT2D eigenvalue weighted by atomic mass is 32.2. The minimum absolute atomic E-state index is 0.0174. The van der Waals surface area contributed by atoms with Crippen molar-refractivity contribution in [3.8, 4) is 0 Å². The van der Waals surface area contributed by atoms with Crippen LogP contribution in [0.3, 0.4) is 0 Å². The minimum Gasteiger partial charge on any atom is -0.444 e. The van der Waals surface area contributed by atoms with E-state index in [4.69, 9.17) is 9.62 Å². The molecule has 0 atom stereocenters. The van der Waals surface area contributed by atoms with E-state index < -0.39 is 0 Å². The lowest BCUT2D eigenvalue weighted by molar-refractivity contribution is -0.116. The Hall–Kier alpha value is -1.79. The Bertz CT molecular complexity index is 805. The third-order valence-corrected chi connectivity index (χ3v) is 6.39. The van der Waals surface area contributed by atoms with Crippen molar-refractivity contribution in [2.45, 2.75) is 74.7 Å². The van der Waals surface area contributed by atoms with E-state index in [0.29, 0.717) is 29.6 Å². The molecule has 2 rings (SSSR count). The molecule has 0 saturated carbocycles. The predicted molar refractivity (Wildman–Crippen MR) is 133 cm³/mol. The lowest BCUT2D eigenvalue weighted by Crippen LogP contribution is -2.19. The van der Waals surface area contributed by atoms with Gasteiger partial charge in [0.1, 0.15) is 12.0 Å². The van der Waals surface area contributed by atoms with E-state index in [2.05, 4.69) is 41.4 Å². The Morgan fingerprint density at radius 3 is 2.58 bits per heavy atom. The van der Waals surface area contributed by atoms with Gasteiger partial charge in [-0.05, 0) is 32.4 Å². The number of hydroxylamine groups is 1. The van der Waals surface area contributed by atoms with E-state index in [1.165, 1.54) is 18.4 Å². The zero-order chi connectivity index (χ0) is 24.5. The van der Waals surface area contributed by atoms with Crippen LogP contribution in [0.1, 0.15) is 70.9 Å². The number of amides is 1. The summed E-state index contributed by atoms with van der Waals surface area (Å²) in [5.74, 6) is 2.19. The molecule has 0 aromatic carbocycles. The summed E-state index contributed by atoms with van der Waals surface area (Å²) in [6, 6.07) is 0. The number of hydrogen-bond acceptors (Lipinski definition) is 10. The van der Waals surface area contributed by atoms with Gasteiger partial charge in [-0.1, -0.05) is 38.5 Å². The van der Waals surface area contributed by atoms with E-state index in [1.807, 2.05) is 0 Å². The van der Waals surface area contributed by atoms with Crippen molar-refractivity contribution < 1.29 is 19.2 Å². The summed E-state index contributed by atoms with van der Waals surface area (Å²) < 4.78 is 6.81. The second kappa shape index (κ2) is 16.8. The maximum atomic E-state index is 12.1. The van der Waals surface area contributed by atoms with Crippen molar-refractivity contribution in [3.05, 3.63) is 24.0 Å². The third kappa shape index (κ3) is 13.5. The van der Waals surface area contributed by atoms with Crippen molar-refractivity contribution in [2.75, 3.05) is 25.5 Å². The molecule has 2 aromatic rings. The molecule has 186 valence electrons. The highest BCUT2D eigenvalue weighted by Gasteiger charge is 2.19. The summed E-state index contributed by atoms with van der Waals surface area (Å²) in [7, 11) is 1.43. The number of thiazole rings is 1. The highest BCUT2D eigenvalue weighted by Crippen LogP contribution is 2.31. The average molecular weight is 500 g/mol. The molecule has 1 amide bonds. The zero-order valence-corrected chi connectivity index (χ0v) is 21.6. The Morgan fingerprint density at radius 2 is 1.91 bits per heavy atom. The lowest BCUT2D eigenvalue weighted by atomic mass is 9.94. The number of nitrogens with zero attached hydrogens (tertiary/aromatic N) is 2. The Kier molecular flexibility index (Phi) is 14.9. The SMILES string of the molecule is CC(C)(C)c1cnc(CSc2cnc(NC(=O)CCCNCCCCCC=O)s2)o1.CNO. The fraction of sp³-hybridized carbons (Fsp3) is 0.636. The van der Waals surface area contributed by atoms with E-state index >= 15 is 0 Å². The molecule has 0 aliphatic carbocycles. The van der Waals surface area contributed by atoms with E-state index in [1.54, 1.807) is 29.6 Å². The minimum atomic E-state index is -0.0511. The topological polar surface area (TPSA) is 129 Å². The van der Waals surface area contributed by atoms with Gasteiger partial charge in [0.15, 0.2) is 5.13 Å². The smallest absolute Gasteiger partial charge is 0.226 e. The van der Waals surface area contributed by atoms with Gasteiger partial charge >= 0.3 is 0 Å². The van der Waals surface area contributed by atoms with E-state index in [-0.39, 0.29) is 11.3 Å². The summed E-state index contributed by atoms with van der Waals surface area (Å²) in [5, 5.41) is 14.1. The van der Waals surface area contributed by atoms with Crippen LogP contribution in [0.4, 0.5) is 5.13 Å². The van der Waals surface area contributed by atoms with Gasteiger partial charge in [0.25, 0.3) is 0 Å². The molecule has 33 heavy (non-hydrogen) atoms. The van der Waals surface area contributed by atoms with Crippen molar-refractivity contribution in [1.29, 1.82) is 0 Å². The number of unbranched alkanes of at least 4 members (excludes halogenated alkanes) is 3. The molecule has 0 saturated heterocycles. The lowest BCUT2D eigenvalue weighted by Gasteiger charge is -2.12. The summed E-state index contributed by atoms with van der Waals surface area (Å²) >= 11 is 3.06. The van der Waals surface area contributed by atoms with Crippen molar-refractivity contribution in [3.63, 3.8) is 0 Å². The Balaban J connectivity index is 0.00000172. The van der Waals surface area contributed by atoms with Gasteiger partial charge in [-0.25, -0.2) is 15.4 Å². The maximum absolute atomic E-state index is 12.1. The van der Waals surface area contributed by atoms with Gasteiger partial charge in [0.05, 0.1) is 22.4 Å². The molecule has 0 fully saturated rings. The van der Waals surface area contributed by atoms with Gasteiger partial charge in [-0.15, -0.1) is 11.8 Å². The van der Waals surface area contributed by atoms with Crippen molar-refractivity contribution in [2.24, 2.45) is 0 Å². The number of aldehydes is 1. The molecular formula is C22H37N5O4S2. The number of carbonyl (C=O) groups excluding carboxylic acids is 2. The van der Waals surface area contributed by atoms with Crippen molar-refractivity contribution >= 4 is 40.4 Å². The Morgan fingerprint density at radius 1 is 1.18 bits per heavy atom. The largest absolute Gasteiger partial charge is 0.444 e. The zero-order valence-electron chi connectivity index (χ0n) is 20.0. The first-order valence-electron chi connectivity index (χ1n) is 11.1. The number of aromatic nitrogens is 2. The number of carbonyl (C=O) groups is 2. The molecule has 0 aliphatic rings. The first-order chi connectivity index (χ1) is 15.8. The van der Waals surface area contributed by atoms with Crippen LogP contribution in [0.5, 0.6) is 0 Å². The summed E-state index contributed by atoms with van der Waals surface area (Å²) in [6.07, 6.45) is 9.50. The summed E-state index contributed by atoms with van der Waals surface area (Å²) in [6.45, 7) is 8.02. The number of anilines is 1. The van der Waals surface area contributed by atoms with Crippen LogP contribution in [0.25, 0.3) is 0 Å². The second-order valence-corrected chi connectivity index (χ2v) is 10.6. The first-order valence-corrected chi connectivity index (χ1v) is 12.9. The van der Waals surface area contributed by atoms with Gasteiger partial charge in [0, 0.05) is 25.3 Å². The molecule has 0 spiro atoms. The fourth-order valence-electron chi connectivity index (χ4n) is 2.58. The van der Waals surface area contributed by atoms with Crippen LogP contribution < -0.4 is 16.1 Å². The van der Waals surface area contributed by atoms with Crippen LogP contribution in [0.2, 0.25) is 0 Å². The third-order valence-electron chi connectivity index (χ3n) is 4.29. The molecule has 0 radical (unpaired) electrons. The fourth-order valence-corrected chi connectivity index (χ4v) is 4.32. The molecule has 4 N–H and O–H groups in total. The number of thioether (sulfide) groups is 1. The first kappa shape index (κ1) is 29.2. The second-order valence-electron chi connectivity index (χ2n) is 8.28. The molecule has 2 heterocycles. The molecule has 0 unspecified atom stereocenters. The number of nitrogens with one attached hydrogen (secondary N) is 3. The van der Waals surface area contributed by atoms with Crippen LogP contribution in [0, 0.1) is 0 Å². The van der Waals surface area contributed by atoms with Crippen LogP contribution in [-0.4, -0.2) is 47.5 Å². The van der Waals surface area contributed by atoms with Gasteiger partial charge in [0.2, 0.25) is 11.8 Å². The van der Waals surface area contributed by atoms with Gasteiger partial charge in [-0.3, -0.25) is 4.79 Å². The average Bonchev–Trinajstić information content (AvgIpc) is 3.41. The summed E-state index contributed by atoms with van der Waals surface area (Å²) in [5.41, 5.74) is 1.70. The standard InChI is InChI=1S/C21H32N4O3S2.CH5NO/c1-21(2,3)16-13-23-18(28-16)15-29-19-14-24-20(30-19)25-17(27)9-8-11-22-10-6-4-5-7-12-26;1-2-3/h12-14,22H,4-11,15H2,1-3H3,(H,24,25,27);2-3H,1H3. The highest BCUT2D eigenvalue weighted by molar-refractivity contribution is 8.00. The van der Waals surface area contributed by atoms with E-state index in [9.17, 15) is 9.59 Å². The molecule has 2 aromatic heterocycles. The molecule has 0 bridgehead atoms. The molecular weight excluding hydrogens is 462 g/mol. The van der Waals surface area contributed by atoms with Crippen LogP contribution >= 0.6 is 23.1 Å². The van der Waals surface area contributed by atoms with Crippen LogP contribution in [0.15, 0.2) is 21.0 Å². The molecule has 9 nitrogen and oxygen atoms in total. The number of hydrogen-bond donors (Lipinski definition) is 4.